The summed E-state index contributed by atoms with van der Waals surface area (Å²) in [4.78, 5) is 11.8. The van der Waals surface area contributed by atoms with Crippen LogP contribution >= 0.6 is 0 Å². The number of allylic oxidation sites excluding steroid dienone is 9. The molecule has 4 nitrogen and oxygen atoms in total. The van der Waals surface area contributed by atoms with Crippen LogP contribution in [0.1, 0.15) is 48.0 Å². The highest BCUT2D eigenvalue weighted by Crippen LogP contribution is 2.16. The second kappa shape index (κ2) is 14.8. The molecular formula is C24H37NO3. The van der Waals surface area contributed by atoms with Crippen LogP contribution < -0.4 is 5.32 Å². The van der Waals surface area contributed by atoms with Crippen molar-refractivity contribution in [3.63, 3.8) is 0 Å². The van der Waals surface area contributed by atoms with Gasteiger partial charge in [-0.3, -0.25) is 4.79 Å². The molecule has 0 aliphatic heterocycles. The molecule has 0 bridgehead atoms. The van der Waals surface area contributed by atoms with Crippen LogP contribution in [-0.4, -0.2) is 34.9 Å². The highest BCUT2D eigenvalue weighted by molar-refractivity contribution is 5.93. The Morgan fingerprint density at radius 1 is 1.04 bits per heavy atom. The third kappa shape index (κ3) is 11.5. The highest BCUT2D eigenvalue weighted by Gasteiger charge is 2.13. The lowest BCUT2D eigenvalue weighted by Gasteiger charge is -2.17. The number of aliphatic hydroxyl groups is 2. The Kier molecular flexibility index (Phi) is 13.7. The molecule has 1 amide bonds. The smallest absolute Gasteiger partial charge is 0.247 e. The van der Waals surface area contributed by atoms with Crippen molar-refractivity contribution in [3.8, 4) is 0 Å². The van der Waals surface area contributed by atoms with Gasteiger partial charge >= 0.3 is 0 Å². The molecule has 0 saturated carbocycles. The molecule has 0 rings (SSSR count). The minimum Gasteiger partial charge on any atom is -0.394 e. The van der Waals surface area contributed by atoms with Gasteiger partial charge in [-0.1, -0.05) is 74.1 Å². The van der Waals surface area contributed by atoms with Crippen LogP contribution in [0.5, 0.6) is 0 Å². The quantitative estimate of drug-likeness (QED) is 0.280. The van der Waals surface area contributed by atoms with Crippen molar-refractivity contribution in [2.75, 3.05) is 6.61 Å². The lowest BCUT2D eigenvalue weighted by atomic mass is 9.95. The molecule has 0 radical (unpaired) electrons. The third-order valence-corrected chi connectivity index (χ3v) is 4.18. The second-order valence-corrected chi connectivity index (χ2v) is 7.11. The lowest BCUT2D eigenvalue weighted by molar-refractivity contribution is -0.118. The third-order valence-electron chi connectivity index (χ3n) is 4.18. The van der Waals surface area contributed by atoms with Crippen LogP contribution in [0.3, 0.4) is 0 Å². The molecule has 0 aliphatic rings. The van der Waals surface area contributed by atoms with E-state index in [1.165, 1.54) is 0 Å². The summed E-state index contributed by atoms with van der Waals surface area (Å²) in [7, 11) is 0. The zero-order valence-electron chi connectivity index (χ0n) is 18.1. The van der Waals surface area contributed by atoms with Crippen molar-refractivity contribution in [1.82, 2.24) is 5.32 Å². The van der Waals surface area contributed by atoms with Gasteiger partial charge in [0.25, 0.3) is 0 Å². The fraction of sp³-hybridized carbons (Fsp3) is 0.458. The fourth-order valence-electron chi connectivity index (χ4n) is 2.48. The Balaban J connectivity index is 4.59. The predicted molar refractivity (Wildman–Crippen MR) is 119 cm³/mol. The van der Waals surface area contributed by atoms with Gasteiger partial charge in [-0.05, 0) is 39.7 Å². The van der Waals surface area contributed by atoms with Crippen LogP contribution in [0.2, 0.25) is 0 Å². The SMILES string of the molecule is CC/C=C(\C)[C@H](O)[C@@H](C)/C=C(C)/C=C/C=C\C=C\C=C(/C)C(=O)N[C@H](C)CO. The molecule has 28 heavy (non-hydrogen) atoms. The topological polar surface area (TPSA) is 69.6 Å². The first-order valence-electron chi connectivity index (χ1n) is 9.86. The summed E-state index contributed by atoms with van der Waals surface area (Å²) in [5.41, 5.74) is 2.69. The minimum absolute atomic E-state index is 0.0594. The Hall–Kier alpha value is -2.17. The summed E-state index contributed by atoms with van der Waals surface area (Å²) in [5, 5.41) is 21.9. The number of hydrogen-bond donors (Lipinski definition) is 3. The van der Waals surface area contributed by atoms with Gasteiger partial charge < -0.3 is 15.5 Å². The molecular weight excluding hydrogens is 350 g/mol. The summed E-state index contributed by atoms with van der Waals surface area (Å²) in [6.45, 7) is 11.5. The van der Waals surface area contributed by atoms with Crippen LogP contribution in [0.4, 0.5) is 0 Å². The molecule has 0 aromatic carbocycles. The van der Waals surface area contributed by atoms with Crippen molar-refractivity contribution in [2.24, 2.45) is 5.92 Å². The molecule has 0 aromatic heterocycles. The normalized spacial score (nSPS) is 17.5. The van der Waals surface area contributed by atoms with Crippen molar-refractivity contribution in [3.05, 3.63) is 71.4 Å². The van der Waals surface area contributed by atoms with Gasteiger partial charge in [0.1, 0.15) is 0 Å². The first-order chi connectivity index (χ1) is 13.2. The molecule has 0 heterocycles. The largest absolute Gasteiger partial charge is 0.394 e. The van der Waals surface area contributed by atoms with Crippen molar-refractivity contribution in [2.45, 2.75) is 60.1 Å². The summed E-state index contributed by atoms with van der Waals surface area (Å²) in [5.74, 6) is -0.125. The van der Waals surface area contributed by atoms with Crippen LogP contribution in [0.15, 0.2) is 71.4 Å². The van der Waals surface area contributed by atoms with Crippen LogP contribution in [0, 0.1) is 5.92 Å². The van der Waals surface area contributed by atoms with Gasteiger partial charge in [0.05, 0.1) is 12.7 Å². The van der Waals surface area contributed by atoms with E-state index < -0.39 is 6.10 Å². The molecule has 0 unspecified atom stereocenters. The molecule has 3 N–H and O–H groups in total. The highest BCUT2D eigenvalue weighted by atomic mass is 16.3. The predicted octanol–water partition coefficient (Wildman–Crippen LogP) is 4.40. The maximum atomic E-state index is 11.8. The Labute approximate surface area is 170 Å². The van der Waals surface area contributed by atoms with E-state index >= 15 is 0 Å². The van der Waals surface area contributed by atoms with Crippen LogP contribution in [-0.2, 0) is 4.79 Å². The van der Waals surface area contributed by atoms with E-state index in [9.17, 15) is 9.90 Å². The van der Waals surface area contributed by atoms with E-state index in [1.54, 1.807) is 26.0 Å². The maximum absolute atomic E-state index is 11.8. The number of hydrogen-bond acceptors (Lipinski definition) is 3. The van der Waals surface area contributed by atoms with E-state index in [1.807, 2.05) is 51.2 Å². The summed E-state index contributed by atoms with van der Waals surface area (Å²) < 4.78 is 0. The lowest BCUT2D eigenvalue weighted by Crippen LogP contribution is -2.35. The van der Waals surface area contributed by atoms with Crippen LogP contribution in [0.25, 0.3) is 0 Å². The number of carbonyl (C=O) groups is 1. The molecule has 0 aliphatic carbocycles. The molecule has 0 spiro atoms. The standard InChI is InChI=1S/C24H37NO3/c1-7-13-19(3)23(27)21(5)16-18(2)14-11-9-8-10-12-15-20(4)24(28)25-22(6)17-26/h8-16,21-23,26-27H,7,17H2,1-6H3,(H,25,28)/b9-8-,12-10+,14-11+,18-16+,19-13+,20-15+/t21-,22+,23-/m0/s1. The number of aliphatic hydroxyl groups excluding tert-OH is 2. The van der Waals surface area contributed by atoms with E-state index in [0.717, 1.165) is 17.6 Å². The van der Waals surface area contributed by atoms with Crippen molar-refractivity contribution in [1.29, 1.82) is 0 Å². The maximum Gasteiger partial charge on any atom is 0.247 e. The van der Waals surface area contributed by atoms with E-state index in [-0.39, 0.29) is 24.5 Å². The molecule has 0 aromatic rings. The zero-order chi connectivity index (χ0) is 21.5. The summed E-state index contributed by atoms with van der Waals surface area (Å²) >= 11 is 0. The molecule has 3 atom stereocenters. The minimum atomic E-state index is -0.450. The second-order valence-electron chi connectivity index (χ2n) is 7.11. The Morgan fingerprint density at radius 3 is 2.25 bits per heavy atom. The number of carbonyl (C=O) groups excluding carboxylic acids is 1. The van der Waals surface area contributed by atoms with Crippen molar-refractivity contribution < 1.29 is 15.0 Å². The molecule has 0 saturated heterocycles. The first kappa shape index (κ1) is 25.8. The Bertz CT molecular complexity index is 651. The number of amides is 1. The van der Waals surface area contributed by atoms with Crippen molar-refractivity contribution >= 4 is 5.91 Å². The van der Waals surface area contributed by atoms with E-state index in [4.69, 9.17) is 5.11 Å². The average Bonchev–Trinajstić information content (AvgIpc) is 2.66. The average molecular weight is 388 g/mol. The van der Waals surface area contributed by atoms with Gasteiger partial charge in [0.2, 0.25) is 5.91 Å². The molecule has 156 valence electrons. The van der Waals surface area contributed by atoms with Gasteiger partial charge in [-0.25, -0.2) is 0 Å². The first-order valence-corrected chi connectivity index (χ1v) is 9.86. The number of nitrogens with one attached hydrogen (secondary N) is 1. The van der Waals surface area contributed by atoms with E-state index in [0.29, 0.717) is 5.57 Å². The van der Waals surface area contributed by atoms with Gasteiger partial charge in [0, 0.05) is 17.5 Å². The zero-order valence-corrected chi connectivity index (χ0v) is 18.1. The fourth-order valence-corrected chi connectivity index (χ4v) is 2.48. The number of rotatable bonds is 11. The summed E-state index contributed by atoms with van der Waals surface area (Å²) in [6.07, 6.45) is 17.7. The Morgan fingerprint density at radius 2 is 1.64 bits per heavy atom. The monoisotopic (exact) mass is 387 g/mol. The van der Waals surface area contributed by atoms with E-state index in [2.05, 4.69) is 24.4 Å². The molecule has 4 heteroatoms. The van der Waals surface area contributed by atoms with Gasteiger partial charge in [0.15, 0.2) is 0 Å². The van der Waals surface area contributed by atoms with Gasteiger partial charge in [-0.2, -0.15) is 0 Å². The summed E-state index contributed by atoms with van der Waals surface area (Å²) in [6, 6.07) is -0.253. The molecule has 0 fully saturated rings. The van der Waals surface area contributed by atoms with Gasteiger partial charge in [-0.15, -0.1) is 0 Å².